The van der Waals surface area contributed by atoms with Gasteiger partial charge in [0.25, 0.3) is 11.6 Å². The summed E-state index contributed by atoms with van der Waals surface area (Å²) >= 11 is 11.7. The van der Waals surface area contributed by atoms with Crippen LogP contribution in [-0.4, -0.2) is 30.0 Å². The smallest absolute Gasteiger partial charge is 0.340 e. The molecule has 2 aromatic rings. The van der Waals surface area contributed by atoms with Gasteiger partial charge in [0, 0.05) is 17.2 Å². The van der Waals surface area contributed by atoms with Crippen LogP contribution in [0.3, 0.4) is 0 Å². The number of rotatable bonds is 6. The maximum Gasteiger partial charge on any atom is 0.340 e. The van der Waals surface area contributed by atoms with Gasteiger partial charge in [0.2, 0.25) is 0 Å². The molecule has 2 aromatic carbocycles. The van der Waals surface area contributed by atoms with Gasteiger partial charge in [0.15, 0.2) is 6.10 Å². The monoisotopic (exact) mass is 412 g/mol. The van der Waals surface area contributed by atoms with Gasteiger partial charge in [-0.1, -0.05) is 23.2 Å². The van der Waals surface area contributed by atoms with Crippen LogP contribution in [-0.2, 0) is 9.53 Å². The number of esters is 1. The van der Waals surface area contributed by atoms with Crippen LogP contribution < -0.4 is 10.1 Å². The number of carbonyl (C=O) groups excluding carboxylic acids is 2. The van der Waals surface area contributed by atoms with E-state index in [1.807, 2.05) is 0 Å². The van der Waals surface area contributed by atoms with E-state index < -0.39 is 22.9 Å². The number of benzene rings is 2. The normalized spacial score (nSPS) is 11.4. The van der Waals surface area contributed by atoms with Gasteiger partial charge in [-0.15, -0.1) is 0 Å². The fourth-order valence-electron chi connectivity index (χ4n) is 2.07. The molecule has 1 N–H and O–H groups in total. The molecule has 27 heavy (non-hydrogen) atoms. The molecule has 0 fully saturated rings. The Labute approximate surface area is 164 Å². The number of nitrogens with zero attached hydrogens (tertiary/aromatic N) is 1. The Morgan fingerprint density at radius 1 is 1.19 bits per heavy atom. The summed E-state index contributed by atoms with van der Waals surface area (Å²) < 4.78 is 10.2. The van der Waals surface area contributed by atoms with Gasteiger partial charge in [0.1, 0.15) is 5.75 Å². The topological polar surface area (TPSA) is 108 Å². The van der Waals surface area contributed by atoms with E-state index in [4.69, 9.17) is 32.7 Å². The molecule has 0 aliphatic heterocycles. The van der Waals surface area contributed by atoms with E-state index in [0.717, 1.165) is 6.07 Å². The van der Waals surface area contributed by atoms with Crippen molar-refractivity contribution in [1.82, 2.24) is 0 Å². The lowest BCUT2D eigenvalue weighted by molar-refractivity contribution is -0.384. The Morgan fingerprint density at radius 3 is 2.48 bits per heavy atom. The molecule has 0 radical (unpaired) electrons. The lowest BCUT2D eigenvalue weighted by Crippen LogP contribution is -2.30. The number of nitro benzene ring substituents is 1. The molecular formula is C17H14Cl2N2O6. The number of hydrogen-bond acceptors (Lipinski definition) is 6. The first-order chi connectivity index (χ1) is 12.7. The van der Waals surface area contributed by atoms with Crippen molar-refractivity contribution in [2.45, 2.75) is 13.0 Å². The molecule has 142 valence electrons. The Bertz CT molecular complexity index is 903. The Hall–Kier alpha value is -2.84. The number of methoxy groups -OCH3 is 1. The average molecular weight is 413 g/mol. The van der Waals surface area contributed by atoms with Crippen LogP contribution in [0.4, 0.5) is 11.4 Å². The number of amides is 1. The van der Waals surface area contributed by atoms with Gasteiger partial charge in [0.05, 0.1) is 28.3 Å². The van der Waals surface area contributed by atoms with Gasteiger partial charge in [-0.3, -0.25) is 14.9 Å². The van der Waals surface area contributed by atoms with E-state index in [1.165, 1.54) is 44.4 Å². The number of hydrogen-bond donors (Lipinski definition) is 1. The Morgan fingerprint density at radius 2 is 1.89 bits per heavy atom. The molecule has 0 aliphatic carbocycles. The quantitative estimate of drug-likeness (QED) is 0.434. The summed E-state index contributed by atoms with van der Waals surface area (Å²) in [7, 11) is 1.35. The predicted octanol–water partition coefficient (Wildman–Crippen LogP) is 4.09. The third-order valence-electron chi connectivity index (χ3n) is 3.46. The summed E-state index contributed by atoms with van der Waals surface area (Å²) in [4.78, 5) is 34.7. The first kappa shape index (κ1) is 20.5. The van der Waals surface area contributed by atoms with Crippen LogP contribution in [0.5, 0.6) is 5.75 Å². The van der Waals surface area contributed by atoms with Crippen LogP contribution in [0.2, 0.25) is 10.0 Å². The SMILES string of the molecule is COc1ccc([N+](=O)[O-])cc1NC(=O)[C@H](C)OC(=O)c1ccc(Cl)cc1Cl. The Balaban J connectivity index is 2.12. The summed E-state index contributed by atoms with van der Waals surface area (Å²) in [5.74, 6) is -1.30. The molecular weight excluding hydrogens is 399 g/mol. The lowest BCUT2D eigenvalue weighted by Gasteiger charge is -2.15. The molecule has 2 rings (SSSR count). The molecule has 0 heterocycles. The first-order valence-electron chi connectivity index (χ1n) is 7.52. The molecule has 0 aromatic heterocycles. The third-order valence-corrected chi connectivity index (χ3v) is 4.00. The maximum absolute atomic E-state index is 12.3. The second-order valence-electron chi connectivity index (χ2n) is 5.30. The van der Waals surface area contributed by atoms with E-state index in [1.54, 1.807) is 0 Å². The van der Waals surface area contributed by atoms with Crippen LogP contribution in [0.1, 0.15) is 17.3 Å². The number of non-ortho nitro benzene ring substituents is 1. The van der Waals surface area contributed by atoms with Gasteiger partial charge >= 0.3 is 5.97 Å². The maximum atomic E-state index is 12.3. The average Bonchev–Trinajstić information content (AvgIpc) is 2.61. The zero-order valence-electron chi connectivity index (χ0n) is 14.2. The van der Waals surface area contributed by atoms with Crippen molar-refractivity contribution in [3.63, 3.8) is 0 Å². The van der Waals surface area contributed by atoms with Gasteiger partial charge < -0.3 is 14.8 Å². The molecule has 8 nitrogen and oxygen atoms in total. The van der Waals surface area contributed by atoms with E-state index in [2.05, 4.69) is 5.32 Å². The van der Waals surface area contributed by atoms with E-state index in [-0.39, 0.29) is 27.7 Å². The van der Waals surface area contributed by atoms with Gasteiger partial charge in [-0.25, -0.2) is 4.79 Å². The molecule has 0 saturated heterocycles. The van der Waals surface area contributed by atoms with Crippen molar-refractivity contribution in [3.05, 3.63) is 62.1 Å². The number of nitrogens with one attached hydrogen (secondary N) is 1. The van der Waals surface area contributed by atoms with Crippen molar-refractivity contribution in [2.75, 3.05) is 12.4 Å². The van der Waals surface area contributed by atoms with Crippen molar-refractivity contribution in [3.8, 4) is 5.75 Å². The largest absolute Gasteiger partial charge is 0.495 e. The van der Waals surface area contributed by atoms with Crippen LogP contribution in [0, 0.1) is 10.1 Å². The van der Waals surface area contributed by atoms with Crippen molar-refractivity contribution in [2.24, 2.45) is 0 Å². The van der Waals surface area contributed by atoms with Gasteiger partial charge in [-0.2, -0.15) is 0 Å². The molecule has 10 heteroatoms. The highest BCUT2D eigenvalue weighted by Crippen LogP contribution is 2.29. The highest BCUT2D eigenvalue weighted by molar-refractivity contribution is 6.36. The summed E-state index contributed by atoms with van der Waals surface area (Å²) in [6, 6.07) is 7.93. The number of ether oxygens (including phenoxy) is 2. The standard InChI is InChI=1S/C17H14Cl2N2O6/c1-9(27-17(23)12-5-3-10(18)7-13(12)19)16(22)20-14-8-11(21(24)25)4-6-15(14)26-2/h3-9H,1-2H3,(H,20,22)/t9-/m0/s1. The summed E-state index contributed by atoms with van der Waals surface area (Å²) in [6.45, 7) is 1.35. The number of nitro groups is 1. The third kappa shape index (κ3) is 5.08. The van der Waals surface area contributed by atoms with Crippen molar-refractivity contribution >= 4 is 46.5 Å². The molecule has 0 bridgehead atoms. The summed E-state index contributed by atoms with van der Waals surface area (Å²) in [6.07, 6.45) is -1.20. The number of halogens is 2. The van der Waals surface area contributed by atoms with Crippen molar-refractivity contribution < 1.29 is 24.0 Å². The van der Waals surface area contributed by atoms with Crippen molar-refractivity contribution in [1.29, 1.82) is 0 Å². The van der Waals surface area contributed by atoms with E-state index in [9.17, 15) is 19.7 Å². The second-order valence-corrected chi connectivity index (χ2v) is 6.15. The highest BCUT2D eigenvalue weighted by Gasteiger charge is 2.22. The van der Waals surface area contributed by atoms with Gasteiger partial charge in [-0.05, 0) is 31.2 Å². The zero-order chi connectivity index (χ0) is 20.1. The van der Waals surface area contributed by atoms with Crippen LogP contribution in [0.25, 0.3) is 0 Å². The molecule has 0 aliphatic rings. The van der Waals surface area contributed by atoms with E-state index in [0.29, 0.717) is 5.02 Å². The highest BCUT2D eigenvalue weighted by atomic mass is 35.5. The molecule has 0 spiro atoms. The van der Waals surface area contributed by atoms with Crippen LogP contribution >= 0.6 is 23.2 Å². The van der Waals surface area contributed by atoms with E-state index >= 15 is 0 Å². The first-order valence-corrected chi connectivity index (χ1v) is 8.28. The predicted molar refractivity (Wildman–Crippen MR) is 99.6 cm³/mol. The summed E-state index contributed by atoms with van der Waals surface area (Å²) in [5.41, 5.74) is -0.110. The number of anilines is 1. The minimum Gasteiger partial charge on any atom is -0.495 e. The fourth-order valence-corrected chi connectivity index (χ4v) is 2.56. The lowest BCUT2D eigenvalue weighted by atomic mass is 10.2. The Kier molecular flexibility index (Phi) is 6.59. The number of carbonyl (C=O) groups is 2. The minimum atomic E-state index is -1.20. The summed E-state index contributed by atoms with van der Waals surface area (Å²) in [5, 5.41) is 13.8. The fraction of sp³-hybridized carbons (Fsp3) is 0.176. The molecule has 1 atom stereocenters. The zero-order valence-corrected chi connectivity index (χ0v) is 15.7. The molecule has 0 unspecified atom stereocenters. The second kappa shape index (κ2) is 8.70. The molecule has 1 amide bonds. The molecule has 0 saturated carbocycles. The van der Waals surface area contributed by atoms with Crippen LogP contribution in [0.15, 0.2) is 36.4 Å². The minimum absolute atomic E-state index is 0.0497.